The third-order valence-corrected chi connectivity index (χ3v) is 3.36. The van der Waals surface area contributed by atoms with Gasteiger partial charge in [0.2, 0.25) is 0 Å². The van der Waals surface area contributed by atoms with Gasteiger partial charge in [0.15, 0.2) is 0 Å². The lowest BCUT2D eigenvalue weighted by molar-refractivity contribution is 0.0266. The summed E-state index contributed by atoms with van der Waals surface area (Å²) in [6, 6.07) is 4.06. The number of nitrogens with one attached hydrogen (secondary N) is 1. The molecule has 0 amide bonds. The molecule has 2 heterocycles. The van der Waals surface area contributed by atoms with Crippen LogP contribution >= 0.6 is 0 Å². The van der Waals surface area contributed by atoms with Crippen LogP contribution in [0.4, 0.5) is 0 Å². The molecule has 0 saturated carbocycles. The second-order valence-electron chi connectivity index (χ2n) is 5.22. The van der Waals surface area contributed by atoms with Gasteiger partial charge in [0.1, 0.15) is 11.5 Å². The van der Waals surface area contributed by atoms with Crippen LogP contribution in [0.5, 0.6) is 0 Å². The highest BCUT2D eigenvalue weighted by Gasteiger charge is 2.25. The molecule has 2 unspecified atom stereocenters. The molecular weight excluding hydrogens is 228 g/mol. The van der Waals surface area contributed by atoms with Crippen LogP contribution in [0.25, 0.3) is 0 Å². The third-order valence-electron chi connectivity index (χ3n) is 3.36. The molecule has 4 nitrogen and oxygen atoms in total. The van der Waals surface area contributed by atoms with Crippen LogP contribution < -0.4 is 5.32 Å². The number of aryl methyl sites for hydroxylation is 1. The van der Waals surface area contributed by atoms with Gasteiger partial charge in [-0.25, -0.2) is 0 Å². The molecule has 0 radical (unpaired) electrons. The van der Waals surface area contributed by atoms with E-state index in [4.69, 9.17) is 9.15 Å². The van der Waals surface area contributed by atoms with Gasteiger partial charge in [-0.05, 0) is 46.0 Å². The van der Waals surface area contributed by atoms with Gasteiger partial charge >= 0.3 is 0 Å². The molecule has 0 aliphatic carbocycles. The average molecular weight is 252 g/mol. The number of hydrogen-bond acceptors (Lipinski definition) is 4. The number of furan rings is 1. The Morgan fingerprint density at radius 1 is 1.33 bits per heavy atom. The number of nitrogens with zero attached hydrogens (tertiary/aromatic N) is 1. The molecule has 1 saturated heterocycles. The van der Waals surface area contributed by atoms with Crippen molar-refractivity contribution < 1.29 is 9.15 Å². The van der Waals surface area contributed by atoms with Crippen LogP contribution in [0.3, 0.4) is 0 Å². The molecule has 2 atom stereocenters. The van der Waals surface area contributed by atoms with E-state index in [9.17, 15) is 0 Å². The predicted molar refractivity (Wildman–Crippen MR) is 71.6 cm³/mol. The van der Waals surface area contributed by atoms with Gasteiger partial charge in [-0.2, -0.15) is 0 Å². The Kier molecular flexibility index (Phi) is 4.80. The Bertz CT molecular complexity index is 364. The van der Waals surface area contributed by atoms with Crippen molar-refractivity contribution in [3.8, 4) is 0 Å². The molecule has 1 aliphatic rings. The lowest BCUT2D eigenvalue weighted by Crippen LogP contribution is -2.30. The summed E-state index contributed by atoms with van der Waals surface area (Å²) in [5.41, 5.74) is 0. The van der Waals surface area contributed by atoms with Crippen LogP contribution in [0.15, 0.2) is 16.5 Å². The molecule has 1 N–H and O–H groups in total. The fraction of sp³-hybridized carbons (Fsp3) is 0.714. The van der Waals surface area contributed by atoms with Gasteiger partial charge in [-0.3, -0.25) is 4.90 Å². The summed E-state index contributed by atoms with van der Waals surface area (Å²) < 4.78 is 11.6. The van der Waals surface area contributed by atoms with Crippen molar-refractivity contribution in [1.29, 1.82) is 0 Å². The number of ether oxygens (including phenoxy) is 1. The van der Waals surface area contributed by atoms with E-state index in [-0.39, 0.29) is 0 Å². The highest BCUT2D eigenvalue weighted by molar-refractivity contribution is 5.05. The van der Waals surface area contributed by atoms with Crippen LogP contribution in [-0.4, -0.2) is 44.3 Å². The summed E-state index contributed by atoms with van der Waals surface area (Å²) >= 11 is 0. The fourth-order valence-electron chi connectivity index (χ4n) is 2.54. The van der Waals surface area contributed by atoms with Crippen LogP contribution in [0.2, 0.25) is 0 Å². The zero-order chi connectivity index (χ0) is 13.0. The summed E-state index contributed by atoms with van der Waals surface area (Å²) in [5.74, 6) is 2.00. The Labute approximate surface area is 109 Å². The summed E-state index contributed by atoms with van der Waals surface area (Å²) in [6.07, 6.45) is 3.08. The van der Waals surface area contributed by atoms with Crippen molar-refractivity contribution >= 4 is 0 Å². The Balaban J connectivity index is 1.73. The molecule has 2 rings (SSSR count). The van der Waals surface area contributed by atoms with Crippen LogP contribution in [0, 0.1) is 6.92 Å². The summed E-state index contributed by atoms with van der Waals surface area (Å²) in [6.45, 7) is 4.76. The van der Waals surface area contributed by atoms with Crippen molar-refractivity contribution in [1.82, 2.24) is 10.2 Å². The van der Waals surface area contributed by atoms with Gasteiger partial charge in [-0.1, -0.05) is 0 Å². The predicted octanol–water partition coefficient (Wildman–Crippen LogP) is 1.79. The molecule has 0 bridgehead atoms. The number of rotatable bonds is 6. The molecule has 1 fully saturated rings. The molecule has 1 aliphatic heterocycles. The standard InChI is InChI=1S/C14H24N2O2/c1-11-4-5-13(17-11)9-16(3)10-14-7-6-12(18-14)8-15-2/h4-5,12,14-15H,6-10H2,1-3H3. The topological polar surface area (TPSA) is 37.6 Å². The summed E-state index contributed by atoms with van der Waals surface area (Å²) in [5, 5.41) is 3.17. The highest BCUT2D eigenvalue weighted by Crippen LogP contribution is 2.20. The van der Waals surface area contributed by atoms with Crippen molar-refractivity contribution in [2.45, 2.75) is 38.5 Å². The maximum Gasteiger partial charge on any atom is 0.118 e. The first-order valence-corrected chi connectivity index (χ1v) is 6.71. The monoisotopic (exact) mass is 252 g/mol. The number of hydrogen-bond donors (Lipinski definition) is 1. The maximum atomic E-state index is 5.98. The first kappa shape index (κ1) is 13.6. The van der Waals surface area contributed by atoms with Gasteiger partial charge in [-0.15, -0.1) is 0 Å². The van der Waals surface area contributed by atoms with Crippen LogP contribution in [-0.2, 0) is 11.3 Å². The van der Waals surface area contributed by atoms with E-state index < -0.39 is 0 Å². The minimum Gasteiger partial charge on any atom is -0.465 e. The molecule has 4 heteroatoms. The van der Waals surface area contributed by atoms with E-state index in [1.165, 1.54) is 6.42 Å². The second kappa shape index (κ2) is 6.36. The lowest BCUT2D eigenvalue weighted by Gasteiger charge is -2.20. The van der Waals surface area contributed by atoms with Crippen molar-refractivity contribution in [3.05, 3.63) is 23.7 Å². The van der Waals surface area contributed by atoms with Crippen LogP contribution in [0.1, 0.15) is 24.4 Å². The van der Waals surface area contributed by atoms with Gasteiger partial charge in [0.25, 0.3) is 0 Å². The average Bonchev–Trinajstić information content (AvgIpc) is 2.89. The van der Waals surface area contributed by atoms with Crippen molar-refractivity contribution in [2.75, 3.05) is 27.2 Å². The molecule has 1 aromatic rings. The maximum absolute atomic E-state index is 5.98. The Morgan fingerprint density at radius 3 is 2.78 bits per heavy atom. The highest BCUT2D eigenvalue weighted by atomic mass is 16.5. The van der Waals surface area contributed by atoms with E-state index in [0.717, 1.165) is 37.6 Å². The van der Waals surface area contributed by atoms with E-state index in [1.807, 2.05) is 26.1 Å². The Hall–Kier alpha value is -0.840. The van der Waals surface area contributed by atoms with Crippen molar-refractivity contribution in [2.24, 2.45) is 0 Å². The molecule has 0 aromatic carbocycles. The van der Waals surface area contributed by atoms with E-state index in [2.05, 4.69) is 17.3 Å². The van der Waals surface area contributed by atoms with Gasteiger partial charge < -0.3 is 14.5 Å². The molecule has 0 spiro atoms. The molecule has 1 aromatic heterocycles. The fourth-order valence-corrected chi connectivity index (χ4v) is 2.54. The number of likely N-dealkylation sites (N-methyl/N-ethyl adjacent to an activating group) is 2. The quantitative estimate of drug-likeness (QED) is 0.837. The normalized spacial score (nSPS) is 24.0. The summed E-state index contributed by atoms with van der Waals surface area (Å²) in [7, 11) is 4.09. The van der Waals surface area contributed by atoms with E-state index in [0.29, 0.717) is 12.2 Å². The minimum atomic E-state index is 0.365. The largest absolute Gasteiger partial charge is 0.465 e. The van der Waals surface area contributed by atoms with Gasteiger partial charge in [0, 0.05) is 13.1 Å². The summed E-state index contributed by atoms with van der Waals surface area (Å²) in [4.78, 5) is 2.27. The molecular formula is C14H24N2O2. The Morgan fingerprint density at radius 2 is 2.11 bits per heavy atom. The first-order chi connectivity index (χ1) is 8.67. The van der Waals surface area contributed by atoms with E-state index >= 15 is 0 Å². The van der Waals surface area contributed by atoms with Gasteiger partial charge in [0.05, 0.1) is 18.8 Å². The molecule has 102 valence electrons. The smallest absolute Gasteiger partial charge is 0.118 e. The minimum absolute atomic E-state index is 0.365. The zero-order valence-electron chi connectivity index (χ0n) is 11.6. The molecule has 18 heavy (non-hydrogen) atoms. The van der Waals surface area contributed by atoms with E-state index in [1.54, 1.807) is 0 Å². The third kappa shape index (κ3) is 3.83. The first-order valence-electron chi connectivity index (χ1n) is 6.71. The zero-order valence-corrected chi connectivity index (χ0v) is 11.6. The second-order valence-corrected chi connectivity index (χ2v) is 5.22. The van der Waals surface area contributed by atoms with Crippen molar-refractivity contribution in [3.63, 3.8) is 0 Å². The lowest BCUT2D eigenvalue weighted by atomic mass is 10.2. The SMILES string of the molecule is CNCC1CCC(CN(C)Cc2ccc(C)o2)O1.